The van der Waals surface area contributed by atoms with Crippen molar-refractivity contribution < 1.29 is 9.59 Å². The van der Waals surface area contributed by atoms with Crippen LogP contribution in [0.15, 0.2) is 60.7 Å². The van der Waals surface area contributed by atoms with E-state index in [1.165, 1.54) is 11.8 Å². The number of amides is 2. The van der Waals surface area contributed by atoms with Crippen molar-refractivity contribution in [2.45, 2.75) is 25.3 Å². The van der Waals surface area contributed by atoms with E-state index in [1.807, 2.05) is 37.4 Å². The van der Waals surface area contributed by atoms with Crippen LogP contribution in [0.4, 0.5) is 5.69 Å². The van der Waals surface area contributed by atoms with Crippen LogP contribution in [0.3, 0.4) is 0 Å². The summed E-state index contributed by atoms with van der Waals surface area (Å²) in [6.45, 7) is 1.50. The van der Waals surface area contributed by atoms with Gasteiger partial charge in [-0.1, -0.05) is 30.3 Å². The van der Waals surface area contributed by atoms with Gasteiger partial charge in [-0.25, -0.2) is 0 Å². The van der Waals surface area contributed by atoms with Crippen molar-refractivity contribution in [3.63, 3.8) is 0 Å². The Morgan fingerprint density at radius 1 is 1.07 bits per heavy atom. The molecule has 1 aliphatic rings. The Balaban J connectivity index is 1.37. The van der Waals surface area contributed by atoms with Crippen LogP contribution < -0.4 is 15.5 Å². The minimum absolute atomic E-state index is 0.0313. The molecule has 0 saturated heterocycles. The molecular formula is C23H27N3O2. The van der Waals surface area contributed by atoms with Gasteiger partial charge in [-0.05, 0) is 55.2 Å². The molecular weight excluding hydrogens is 350 g/mol. The number of anilines is 1. The van der Waals surface area contributed by atoms with E-state index in [9.17, 15) is 9.59 Å². The number of para-hydroxylation sites is 1. The highest BCUT2D eigenvalue weighted by atomic mass is 16.2. The van der Waals surface area contributed by atoms with Gasteiger partial charge in [0.05, 0.1) is 0 Å². The highest BCUT2D eigenvalue weighted by Gasteiger charge is 2.23. The number of nitrogens with zero attached hydrogens (tertiary/aromatic N) is 1. The summed E-state index contributed by atoms with van der Waals surface area (Å²) < 4.78 is 0. The largest absolute Gasteiger partial charge is 0.375 e. The molecule has 0 aliphatic heterocycles. The zero-order valence-corrected chi connectivity index (χ0v) is 16.2. The minimum atomic E-state index is -0.113. The molecule has 0 aromatic heterocycles. The highest BCUT2D eigenvalue weighted by molar-refractivity contribution is 5.95. The fourth-order valence-corrected chi connectivity index (χ4v) is 2.81. The maximum absolute atomic E-state index is 12.0. The fraction of sp³-hybridized carbons (Fsp3) is 0.304. The molecule has 0 unspecified atom stereocenters. The van der Waals surface area contributed by atoms with E-state index >= 15 is 0 Å². The lowest BCUT2D eigenvalue weighted by atomic mass is 10.1. The molecule has 1 fully saturated rings. The molecule has 5 heteroatoms. The third-order valence-corrected chi connectivity index (χ3v) is 4.68. The SMILES string of the molecule is CN(CCCNC(=O)/C=C/c1ccc(C(=O)NC2CC2)cc1)c1ccccc1. The number of carbonyl (C=O) groups is 2. The second-order valence-corrected chi connectivity index (χ2v) is 7.10. The number of hydrogen-bond donors (Lipinski definition) is 2. The van der Waals surface area contributed by atoms with Crippen molar-refractivity contribution in [3.05, 3.63) is 71.8 Å². The molecule has 5 nitrogen and oxygen atoms in total. The monoisotopic (exact) mass is 377 g/mol. The third-order valence-electron chi connectivity index (χ3n) is 4.68. The van der Waals surface area contributed by atoms with E-state index in [0.29, 0.717) is 18.2 Å². The second-order valence-electron chi connectivity index (χ2n) is 7.10. The first-order valence-corrected chi connectivity index (χ1v) is 9.75. The van der Waals surface area contributed by atoms with Crippen LogP contribution in [0.2, 0.25) is 0 Å². The van der Waals surface area contributed by atoms with Crippen molar-refractivity contribution in [2.24, 2.45) is 0 Å². The lowest BCUT2D eigenvalue weighted by Crippen LogP contribution is -2.26. The van der Waals surface area contributed by atoms with Gasteiger partial charge in [0.1, 0.15) is 0 Å². The van der Waals surface area contributed by atoms with Gasteiger partial charge < -0.3 is 15.5 Å². The number of benzene rings is 2. The second kappa shape index (κ2) is 9.74. The Hall–Kier alpha value is -3.08. The molecule has 28 heavy (non-hydrogen) atoms. The number of rotatable bonds is 9. The molecule has 146 valence electrons. The Labute approximate surface area is 166 Å². The van der Waals surface area contributed by atoms with Crippen molar-refractivity contribution in [2.75, 3.05) is 25.0 Å². The van der Waals surface area contributed by atoms with Crippen LogP contribution in [-0.2, 0) is 4.79 Å². The maximum Gasteiger partial charge on any atom is 0.251 e. The van der Waals surface area contributed by atoms with Crippen LogP contribution in [0.1, 0.15) is 35.2 Å². The number of hydrogen-bond acceptors (Lipinski definition) is 3. The lowest BCUT2D eigenvalue weighted by molar-refractivity contribution is -0.116. The van der Waals surface area contributed by atoms with Crippen LogP contribution in [-0.4, -0.2) is 38.0 Å². The zero-order valence-electron chi connectivity index (χ0n) is 16.2. The molecule has 0 bridgehead atoms. The number of nitrogens with one attached hydrogen (secondary N) is 2. The molecule has 2 N–H and O–H groups in total. The molecule has 2 aromatic rings. The standard InChI is InChI=1S/C23H27N3O2/c1-26(21-6-3-2-4-7-21)17-5-16-24-22(27)15-10-18-8-11-19(12-9-18)23(28)25-20-13-14-20/h2-4,6-12,15,20H,5,13-14,16-17H2,1H3,(H,24,27)(H,25,28)/b15-10+. The summed E-state index contributed by atoms with van der Waals surface area (Å²) in [7, 11) is 2.05. The fourth-order valence-electron chi connectivity index (χ4n) is 2.81. The smallest absolute Gasteiger partial charge is 0.251 e. The van der Waals surface area contributed by atoms with Gasteiger partial charge in [0, 0.05) is 43.5 Å². The zero-order chi connectivity index (χ0) is 19.8. The summed E-state index contributed by atoms with van der Waals surface area (Å²) in [6, 6.07) is 17.8. The predicted molar refractivity (Wildman–Crippen MR) is 113 cm³/mol. The van der Waals surface area contributed by atoms with Crippen LogP contribution in [0.25, 0.3) is 6.08 Å². The van der Waals surface area contributed by atoms with E-state index in [0.717, 1.165) is 31.4 Å². The Morgan fingerprint density at radius 3 is 2.46 bits per heavy atom. The van der Waals surface area contributed by atoms with Gasteiger partial charge in [-0.2, -0.15) is 0 Å². The third kappa shape index (κ3) is 6.27. The van der Waals surface area contributed by atoms with E-state index in [-0.39, 0.29) is 11.8 Å². The predicted octanol–water partition coefficient (Wildman–Crippen LogP) is 3.23. The Bertz CT molecular complexity index is 812. The first-order valence-electron chi connectivity index (χ1n) is 9.75. The van der Waals surface area contributed by atoms with Gasteiger partial charge in [-0.15, -0.1) is 0 Å². The van der Waals surface area contributed by atoms with Gasteiger partial charge in [0.15, 0.2) is 0 Å². The molecule has 0 atom stereocenters. The normalized spacial score (nSPS) is 13.3. The van der Waals surface area contributed by atoms with Crippen LogP contribution >= 0.6 is 0 Å². The molecule has 2 aromatic carbocycles. The summed E-state index contributed by atoms with van der Waals surface area (Å²) >= 11 is 0. The Morgan fingerprint density at radius 2 is 1.79 bits per heavy atom. The van der Waals surface area contributed by atoms with E-state index in [1.54, 1.807) is 18.2 Å². The van der Waals surface area contributed by atoms with E-state index < -0.39 is 0 Å². The Kier molecular flexibility index (Phi) is 6.84. The number of carbonyl (C=O) groups excluding carboxylic acids is 2. The molecule has 0 heterocycles. The first-order chi connectivity index (χ1) is 13.6. The summed E-state index contributed by atoms with van der Waals surface area (Å²) in [5.41, 5.74) is 2.71. The average molecular weight is 377 g/mol. The summed E-state index contributed by atoms with van der Waals surface area (Å²) in [4.78, 5) is 26.1. The average Bonchev–Trinajstić information content (AvgIpc) is 3.54. The van der Waals surface area contributed by atoms with E-state index in [4.69, 9.17) is 0 Å². The van der Waals surface area contributed by atoms with Crippen molar-refractivity contribution in [1.82, 2.24) is 10.6 Å². The van der Waals surface area contributed by atoms with Crippen molar-refractivity contribution in [3.8, 4) is 0 Å². The van der Waals surface area contributed by atoms with Crippen molar-refractivity contribution in [1.29, 1.82) is 0 Å². The van der Waals surface area contributed by atoms with Crippen LogP contribution in [0.5, 0.6) is 0 Å². The lowest BCUT2D eigenvalue weighted by Gasteiger charge is -2.19. The highest BCUT2D eigenvalue weighted by Crippen LogP contribution is 2.19. The minimum Gasteiger partial charge on any atom is -0.375 e. The summed E-state index contributed by atoms with van der Waals surface area (Å²) in [6.07, 6.45) is 6.30. The molecule has 0 radical (unpaired) electrons. The molecule has 1 aliphatic carbocycles. The molecule has 3 rings (SSSR count). The van der Waals surface area contributed by atoms with Gasteiger partial charge >= 0.3 is 0 Å². The van der Waals surface area contributed by atoms with E-state index in [2.05, 4.69) is 27.7 Å². The molecule has 1 saturated carbocycles. The van der Waals surface area contributed by atoms with Gasteiger partial charge in [0.2, 0.25) is 5.91 Å². The first kappa shape index (κ1) is 19.7. The topological polar surface area (TPSA) is 61.4 Å². The van der Waals surface area contributed by atoms with Gasteiger partial charge in [-0.3, -0.25) is 9.59 Å². The summed E-state index contributed by atoms with van der Waals surface area (Å²) in [5.74, 6) is -0.144. The molecule has 2 amide bonds. The quantitative estimate of drug-likeness (QED) is 0.521. The summed E-state index contributed by atoms with van der Waals surface area (Å²) in [5, 5.41) is 5.86. The van der Waals surface area contributed by atoms with Crippen molar-refractivity contribution >= 4 is 23.6 Å². The van der Waals surface area contributed by atoms with Gasteiger partial charge in [0.25, 0.3) is 5.91 Å². The molecule has 0 spiro atoms. The van der Waals surface area contributed by atoms with Crippen LogP contribution in [0, 0.1) is 0 Å². The maximum atomic E-state index is 12.0.